The monoisotopic (exact) mass is 83.1 g/mol. The second-order valence-corrected chi connectivity index (χ2v) is 0.761. The Kier molecular flexibility index (Phi) is 13.4. The molecular formula is C6H11-. The van der Waals surface area contributed by atoms with Crippen molar-refractivity contribution in [1.29, 1.82) is 0 Å². The number of hydrogen-bond donors (Lipinski definition) is 0. The Morgan fingerprint density at radius 2 is 2.00 bits per heavy atom. The Morgan fingerprint density at radius 3 is 2.00 bits per heavy atom. The largest absolute Gasteiger partial charge is 0.358 e. The van der Waals surface area contributed by atoms with Gasteiger partial charge in [0.2, 0.25) is 0 Å². The third kappa shape index (κ3) is 9.77. The molecule has 0 aromatic carbocycles. The van der Waals surface area contributed by atoms with Crippen molar-refractivity contribution >= 4 is 0 Å². The lowest BCUT2D eigenvalue weighted by molar-refractivity contribution is 1.74. The maximum atomic E-state index is 3.46. The van der Waals surface area contributed by atoms with Crippen LogP contribution in [-0.2, 0) is 0 Å². The summed E-state index contributed by atoms with van der Waals surface area (Å²) in [6.07, 6.45) is 5.58. The molecule has 0 fully saturated rings. The summed E-state index contributed by atoms with van der Waals surface area (Å²) in [6.45, 7) is 5.42. The topological polar surface area (TPSA) is 0 Å². The zero-order valence-electron chi connectivity index (χ0n) is 4.44. The van der Waals surface area contributed by atoms with E-state index >= 15 is 0 Å². The van der Waals surface area contributed by atoms with Crippen molar-refractivity contribution in [3.05, 3.63) is 32.2 Å². The van der Waals surface area contributed by atoms with Crippen LogP contribution in [0.15, 0.2) is 24.8 Å². The van der Waals surface area contributed by atoms with Gasteiger partial charge in [-0.25, -0.2) is 0 Å². The summed E-state index contributed by atoms with van der Waals surface area (Å²) in [4.78, 5) is 0. The fourth-order valence-electron chi connectivity index (χ4n) is 0.136. The van der Waals surface area contributed by atoms with E-state index in [4.69, 9.17) is 0 Å². The van der Waals surface area contributed by atoms with Crippen molar-refractivity contribution in [1.82, 2.24) is 0 Å². The van der Waals surface area contributed by atoms with Crippen molar-refractivity contribution in [2.24, 2.45) is 0 Å². The molecule has 0 aliphatic carbocycles. The molecule has 0 aliphatic heterocycles. The van der Waals surface area contributed by atoms with Crippen LogP contribution in [0.3, 0.4) is 0 Å². The average molecular weight is 83.2 g/mol. The molecule has 0 spiro atoms. The van der Waals surface area contributed by atoms with Gasteiger partial charge < -0.3 is 7.43 Å². The standard InChI is InChI=1S/C5H8.CH3/c1-3-5-4-2;/h3-5H,1H2,2H3;1H3/q;-1. The molecule has 0 saturated heterocycles. The lowest BCUT2D eigenvalue weighted by Crippen LogP contribution is -1.33. The van der Waals surface area contributed by atoms with E-state index in [2.05, 4.69) is 6.58 Å². The molecule has 6 heavy (non-hydrogen) atoms. The Balaban J connectivity index is 0. The van der Waals surface area contributed by atoms with Crippen LogP contribution in [0.1, 0.15) is 6.92 Å². The molecule has 0 aromatic heterocycles. The summed E-state index contributed by atoms with van der Waals surface area (Å²) in [6, 6.07) is 0. The molecule has 0 radical (unpaired) electrons. The molecule has 0 heterocycles. The average Bonchev–Trinajstić information content (AvgIpc) is 1.41. The molecule has 0 rings (SSSR count). The molecule has 0 aromatic rings. The second kappa shape index (κ2) is 8.82. The van der Waals surface area contributed by atoms with E-state index in [1.807, 2.05) is 19.1 Å². The molecule has 0 saturated carbocycles. The number of rotatable bonds is 1. The lowest BCUT2D eigenvalue weighted by Gasteiger charge is -1.56. The van der Waals surface area contributed by atoms with Crippen LogP contribution in [0.4, 0.5) is 0 Å². The first-order valence-corrected chi connectivity index (χ1v) is 1.65. The lowest BCUT2D eigenvalue weighted by atomic mass is 10.5. The molecule has 0 aliphatic rings. The summed E-state index contributed by atoms with van der Waals surface area (Å²) in [5.41, 5.74) is 0. The fraction of sp³-hybridized carbons (Fsp3) is 0.167. The quantitative estimate of drug-likeness (QED) is 0.337. The van der Waals surface area contributed by atoms with Crippen LogP contribution in [0.5, 0.6) is 0 Å². The normalized spacial score (nSPS) is 7.50. The van der Waals surface area contributed by atoms with Crippen LogP contribution in [0.25, 0.3) is 0 Å². The van der Waals surface area contributed by atoms with Gasteiger partial charge in [-0.2, -0.15) is 0 Å². The Bertz CT molecular complexity index is 42.0. The summed E-state index contributed by atoms with van der Waals surface area (Å²) >= 11 is 0. The molecule has 0 bridgehead atoms. The SMILES string of the molecule is C=CC=CC.[CH3-]. The first kappa shape index (κ1) is 9.08. The van der Waals surface area contributed by atoms with E-state index in [0.29, 0.717) is 0 Å². The molecule has 0 unspecified atom stereocenters. The predicted octanol–water partition coefficient (Wildman–Crippen LogP) is 2.20. The van der Waals surface area contributed by atoms with Gasteiger partial charge in [-0.3, -0.25) is 0 Å². The van der Waals surface area contributed by atoms with Gasteiger partial charge in [-0.05, 0) is 6.92 Å². The minimum absolute atomic E-state index is 0. The van der Waals surface area contributed by atoms with Gasteiger partial charge in [0, 0.05) is 0 Å². The van der Waals surface area contributed by atoms with Gasteiger partial charge in [-0.15, -0.1) is 0 Å². The molecule has 0 nitrogen and oxygen atoms in total. The first-order valence-electron chi connectivity index (χ1n) is 1.65. The third-order valence-electron chi connectivity index (χ3n) is 0.329. The summed E-state index contributed by atoms with van der Waals surface area (Å²) in [5, 5.41) is 0. The number of allylic oxidation sites excluding steroid dienone is 3. The third-order valence-corrected chi connectivity index (χ3v) is 0.329. The Labute approximate surface area is 40.2 Å². The van der Waals surface area contributed by atoms with Crippen LogP contribution in [-0.4, -0.2) is 0 Å². The van der Waals surface area contributed by atoms with Gasteiger partial charge in [0.1, 0.15) is 0 Å². The van der Waals surface area contributed by atoms with Crippen molar-refractivity contribution in [3.8, 4) is 0 Å². The highest BCUT2D eigenvalue weighted by Gasteiger charge is 1.42. The molecule has 0 N–H and O–H groups in total. The summed E-state index contributed by atoms with van der Waals surface area (Å²) in [7, 11) is 0. The second-order valence-electron chi connectivity index (χ2n) is 0.761. The van der Waals surface area contributed by atoms with Crippen LogP contribution in [0, 0.1) is 7.43 Å². The molecule has 0 amide bonds. The van der Waals surface area contributed by atoms with Crippen molar-refractivity contribution in [2.45, 2.75) is 6.92 Å². The molecule has 0 heteroatoms. The maximum Gasteiger partial charge on any atom is -0.0467 e. The molecule has 36 valence electrons. The minimum atomic E-state index is 0. The van der Waals surface area contributed by atoms with E-state index in [1.54, 1.807) is 6.08 Å². The van der Waals surface area contributed by atoms with Crippen molar-refractivity contribution in [2.75, 3.05) is 0 Å². The smallest absolute Gasteiger partial charge is 0.0467 e. The van der Waals surface area contributed by atoms with E-state index < -0.39 is 0 Å². The minimum Gasteiger partial charge on any atom is -0.358 e. The molecule has 0 atom stereocenters. The van der Waals surface area contributed by atoms with Gasteiger partial charge in [-0.1, -0.05) is 24.8 Å². The van der Waals surface area contributed by atoms with E-state index in [0.717, 1.165) is 0 Å². The van der Waals surface area contributed by atoms with E-state index in [-0.39, 0.29) is 7.43 Å². The van der Waals surface area contributed by atoms with Crippen molar-refractivity contribution < 1.29 is 0 Å². The summed E-state index contributed by atoms with van der Waals surface area (Å²) < 4.78 is 0. The zero-order chi connectivity index (χ0) is 4.12. The summed E-state index contributed by atoms with van der Waals surface area (Å²) in [5.74, 6) is 0. The van der Waals surface area contributed by atoms with Gasteiger partial charge in [0.15, 0.2) is 0 Å². The Morgan fingerprint density at radius 1 is 1.50 bits per heavy atom. The highest BCUT2D eigenvalue weighted by Crippen LogP contribution is 1.64. The highest BCUT2D eigenvalue weighted by molar-refractivity contribution is 4.94. The number of hydrogen-bond acceptors (Lipinski definition) is 0. The van der Waals surface area contributed by atoms with Gasteiger partial charge >= 0.3 is 0 Å². The fourth-order valence-corrected chi connectivity index (χ4v) is 0.136. The highest BCUT2D eigenvalue weighted by atomic mass is 13.5. The molecular weight excluding hydrogens is 72.1 g/mol. The maximum absolute atomic E-state index is 3.46. The van der Waals surface area contributed by atoms with Crippen molar-refractivity contribution in [3.63, 3.8) is 0 Å². The first-order chi connectivity index (χ1) is 2.41. The van der Waals surface area contributed by atoms with E-state index in [9.17, 15) is 0 Å². The van der Waals surface area contributed by atoms with Gasteiger partial charge in [0.25, 0.3) is 0 Å². The predicted molar refractivity (Wildman–Crippen MR) is 31.4 cm³/mol. The van der Waals surface area contributed by atoms with Crippen LogP contribution in [0.2, 0.25) is 0 Å². The van der Waals surface area contributed by atoms with Gasteiger partial charge in [0.05, 0.1) is 0 Å². The van der Waals surface area contributed by atoms with Crippen LogP contribution < -0.4 is 0 Å². The van der Waals surface area contributed by atoms with Crippen LogP contribution >= 0.6 is 0 Å². The zero-order valence-corrected chi connectivity index (χ0v) is 4.44. The Hall–Kier alpha value is -0.520. The van der Waals surface area contributed by atoms with E-state index in [1.165, 1.54) is 0 Å².